The molecule has 28 heavy (non-hydrogen) atoms. The van der Waals surface area contributed by atoms with Crippen LogP contribution in [0.25, 0.3) is 0 Å². The van der Waals surface area contributed by atoms with Gasteiger partial charge in [0.1, 0.15) is 0 Å². The summed E-state index contributed by atoms with van der Waals surface area (Å²) in [6.45, 7) is 0. The van der Waals surface area contributed by atoms with E-state index < -0.39 is 11.7 Å². The molecule has 0 heterocycles. The van der Waals surface area contributed by atoms with Crippen LogP contribution in [0, 0.1) is 11.8 Å². The van der Waals surface area contributed by atoms with Gasteiger partial charge < -0.3 is 0 Å². The van der Waals surface area contributed by atoms with Crippen LogP contribution in [0.3, 0.4) is 0 Å². The topological polar surface area (TPSA) is 9.23 Å². The predicted molar refractivity (Wildman–Crippen MR) is 106 cm³/mol. The van der Waals surface area contributed by atoms with Gasteiger partial charge in [0, 0.05) is 0 Å². The Morgan fingerprint density at radius 3 is 2.18 bits per heavy atom. The Hall–Kier alpha value is -2.67. The molecule has 0 radical (unpaired) electrons. The first kappa shape index (κ1) is 20.1. The van der Waals surface area contributed by atoms with E-state index in [4.69, 9.17) is 4.74 Å². The van der Waals surface area contributed by atoms with Crippen molar-refractivity contribution in [1.29, 1.82) is 0 Å². The molecule has 3 aromatic rings. The van der Waals surface area contributed by atoms with Crippen molar-refractivity contribution < 1.29 is 17.9 Å². The fourth-order valence-corrected chi connectivity index (χ4v) is 4.48. The third kappa shape index (κ3) is 5.42. The molecule has 0 aromatic heterocycles. The Morgan fingerprint density at radius 1 is 0.857 bits per heavy atom. The molecule has 0 aliphatic heterocycles. The van der Waals surface area contributed by atoms with Crippen LogP contribution in [-0.2, 0) is 11.5 Å². The van der Waals surface area contributed by atoms with E-state index >= 15 is 0 Å². The van der Waals surface area contributed by atoms with Crippen molar-refractivity contribution in [3.05, 3.63) is 95.1 Å². The second-order valence-electron chi connectivity index (χ2n) is 5.96. The van der Waals surface area contributed by atoms with Crippen molar-refractivity contribution in [3.63, 3.8) is 0 Å². The van der Waals surface area contributed by atoms with E-state index in [0.717, 1.165) is 28.8 Å². The van der Waals surface area contributed by atoms with E-state index in [1.165, 1.54) is 22.2 Å². The van der Waals surface area contributed by atoms with Gasteiger partial charge in [0.2, 0.25) is 0 Å². The first-order chi connectivity index (χ1) is 13.5. The van der Waals surface area contributed by atoms with Gasteiger partial charge >= 0.3 is 169 Å². The van der Waals surface area contributed by atoms with Gasteiger partial charge in [0.15, 0.2) is 0 Å². The second kappa shape index (κ2) is 9.01. The predicted octanol–water partition coefficient (Wildman–Crippen LogP) is 4.64. The molecule has 142 valence electrons. The van der Waals surface area contributed by atoms with Gasteiger partial charge in [-0.1, -0.05) is 0 Å². The van der Waals surface area contributed by atoms with Crippen LogP contribution < -0.4 is 9.20 Å². The van der Waals surface area contributed by atoms with Crippen LogP contribution >= 0.6 is 0 Å². The summed E-state index contributed by atoms with van der Waals surface area (Å²) in [5, 5.41) is 0.927. The van der Waals surface area contributed by atoms with Gasteiger partial charge in [-0.3, -0.25) is 0 Å². The fraction of sp³-hybridized carbons (Fsp3) is 0.130. The molecule has 0 amide bonds. The zero-order chi connectivity index (χ0) is 20.0. The van der Waals surface area contributed by atoms with Crippen molar-refractivity contribution >= 4 is 19.4 Å². The summed E-state index contributed by atoms with van der Waals surface area (Å²) in [6.07, 6.45) is -4.33. The van der Waals surface area contributed by atoms with Crippen LogP contribution in [0.2, 0.25) is 0 Å². The number of hydrogen-bond donors (Lipinski definition) is 0. The maximum atomic E-state index is 12.6. The van der Waals surface area contributed by atoms with Crippen LogP contribution in [0.5, 0.6) is 5.75 Å². The van der Waals surface area contributed by atoms with E-state index in [1.54, 1.807) is 7.11 Å². The molecular weight excluding hydrogens is 428 g/mol. The van der Waals surface area contributed by atoms with E-state index in [0.29, 0.717) is 5.56 Å². The fourth-order valence-electron chi connectivity index (χ4n) is 2.46. The normalized spacial score (nSPS) is 10.9. The van der Waals surface area contributed by atoms with E-state index in [9.17, 15) is 13.2 Å². The molecule has 0 unspecified atom stereocenters. The number of rotatable bonds is 4. The second-order valence-corrected chi connectivity index (χ2v) is 8.09. The number of halogens is 3. The van der Waals surface area contributed by atoms with E-state index in [-0.39, 0.29) is 15.0 Å². The van der Waals surface area contributed by atoms with Gasteiger partial charge in [-0.25, -0.2) is 0 Å². The Bertz CT molecular complexity index is 981. The summed E-state index contributed by atoms with van der Waals surface area (Å²) >= 11 is 0.194. The minimum atomic E-state index is -4.33. The van der Waals surface area contributed by atoms with Crippen LogP contribution in [0.15, 0.2) is 72.8 Å². The molecule has 0 saturated heterocycles. The van der Waals surface area contributed by atoms with Gasteiger partial charge in [0.25, 0.3) is 0 Å². The van der Waals surface area contributed by atoms with Crippen LogP contribution in [0.1, 0.15) is 22.3 Å². The standard InChI is InChI=1S/C23H17F3OSe/c1-27-21-14-9-18(10-15-21)16-28-22-5-3-2-4-19(22)11-6-17-7-12-20(13-8-17)23(24,25)26/h2-5,7-10,12-15H,16H2,1H3. The molecule has 0 fully saturated rings. The molecule has 0 bridgehead atoms. The monoisotopic (exact) mass is 446 g/mol. The van der Waals surface area contributed by atoms with E-state index in [1.807, 2.05) is 30.3 Å². The average Bonchev–Trinajstić information content (AvgIpc) is 2.71. The molecule has 0 spiro atoms. The van der Waals surface area contributed by atoms with Gasteiger partial charge in [-0.05, 0) is 0 Å². The van der Waals surface area contributed by atoms with Crippen molar-refractivity contribution in [2.75, 3.05) is 7.11 Å². The van der Waals surface area contributed by atoms with Gasteiger partial charge in [-0.15, -0.1) is 0 Å². The number of ether oxygens (including phenoxy) is 1. The molecule has 0 N–H and O–H groups in total. The number of methoxy groups -OCH3 is 1. The summed E-state index contributed by atoms with van der Waals surface area (Å²) in [5.41, 5.74) is 2.04. The summed E-state index contributed by atoms with van der Waals surface area (Å²) in [4.78, 5) is 0. The molecule has 0 aliphatic rings. The summed E-state index contributed by atoms with van der Waals surface area (Å²) in [5.74, 6) is 6.91. The quantitative estimate of drug-likeness (QED) is 0.420. The minimum absolute atomic E-state index is 0.194. The van der Waals surface area contributed by atoms with Crippen molar-refractivity contribution in [3.8, 4) is 17.6 Å². The Labute approximate surface area is 168 Å². The molecular formula is C23H17F3OSe. The summed E-state index contributed by atoms with van der Waals surface area (Å²) in [6, 6.07) is 20.8. The van der Waals surface area contributed by atoms with Crippen molar-refractivity contribution in [2.24, 2.45) is 0 Å². The third-order valence-corrected chi connectivity index (χ3v) is 6.40. The average molecular weight is 445 g/mol. The Balaban J connectivity index is 1.73. The molecule has 0 aliphatic carbocycles. The van der Waals surface area contributed by atoms with Crippen LogP contribution in [0.4, 0.5) is 13.2 Å². The Morgan fingerprint density at radius 2 is 1.54 bits per heavy atom. The zero-order valence-corrected chi connectivity index (χ0v) is 16.8. The first-order valence-corrected chi connectivity index (χ1v) is 10.6. The zero-order valence-electron chi connectivity index (χ0n) is 15.1. The van der Waals surface area contributed by atoms with Crippen molar-refractivity contribution in [2.45, 2.75) is 11.5 Å². The summed E-state index contributed by atoms with van der Waals surface area (Å²) < 4.78 is 44.3. The summed E-state index contributed by atoms with van der Waals surface area (Å²) in [7, 11) is 1.64. The van der Waals surface area contributed by atoms with Crippen molar-refractivity contribution in [1.82, 2.24) is 0 Å². The Kier molecular flexibility index (Phi) is 6.46. The third-order valence-electron chi connectivity index (χ3n) is 3.99. The molecule has 3 rings (SSSR count). The molecule has 0 atom stereocenters. The molecule has 3 aromatic carbocycles. The number of hydrogen-bond acceptors (Lipinski definition) is 1. The van der Waals surface area contributed by atoms with Gasteiger partial charge in [0.05, 0.1) is 0 Å². The molecule has 1 nitrogen and oxygen atoms in total. The van der Waals surface area contributed by atoms with Crippen LogP contribution in [-0.4, -0.2) is 22.1 Å². The number of alkyl halides is 3. The first-order valence-electron chi connectivity index (χ1n) is 8.50. The SMILES string of the molecule is COc1ccc(C[Se]c2ccccc2C#Cc2ccc(C(F)(F)F)cc2)cc1. The maximum absolute atomic E-state index is 12.6. The number of benzene rings is 3. The van der Waals surface area contributed by atoms with Gasteiger partial charge in [-0.2, -0.15) is 0 Å². The molecule has 5 heteroatoms. The van der Waals surface area contributed by atoms with E-state index in [2.05, 4.69) is 30.0 Å². The molecule has 0 saturated carbocycles.